The Bertz CT molecular complexity index is 383. The summed E-state index contributed by atoms with van der Waals surface area (Å²) in [4.78, 5) is 15.6. The van der Waals surface area contributed by atoms with E-state index in [9.17, 15) is 4.79 Å². The summed E-state index contributed by atoms with van der Waals surface area (Å²) < 4.78 is 5.17. The number of cyclic esters (lactones) is 1. The molecule has 3 heteroatoms. The van der Waals surface area contributed by atoms with Gasteiger partial charge in [0.15, 0.2) is 0 Å². The Hall–Kier alpha value is -1.38. The van der Waals surface area contributed by atoms with E-state index in [-0.39, 0.29) is 5.97 Å². The number of carbonyl (C=O) groups is 1. The van der Waals surface area contributed by atoms with Crippen molar-refractivity contribution in [1.82, 2.24) is 4.98 Å². The zero-order valence-electron chi connectivity index (χ0n) is 7.92. The van der Waals surface area contributed by atoms with Crippen molar-refractivity contribution in [2.45, 2.75) is 26.4 Å². The van der Waals surface area contributed by atoms with E-state index in [0.29, 0.717) is 5.56 Å². The minimum atomic E-state index is -0.571. The van der Waals surface area contributed by atoms with Crippen molar-refractivity contribution in [1.29, 1.82) is 0 Å². The third-order valence-electron chi connectivity index (χ3n) is 2.17. The molecule has 13 heavy (non-hydrogen) atoms. The van der Waals surface area contributed by atoms with E-state index >= 15 is 0 Å². The van der Waals surface area contributed by atoms with Gasteiger partial charge in [0.05, 0.1) is 11.3 Å². The van der Waals surface area contributed by atoms with Crippen LogP contribution in [0, 0.1) is 6.92 Å². The molecule has 0 fully saturated rings. The Morgan fingerprint density at radius 2 is 2.08 bits per heavy atom. The second-order valence-corrected chi connectivity index (χ2v) is 3.75. The number of fused-ring (bicyclic) bond motifs is 1. The first-order valence-corrected chi connectivity index (χ1v) is 4.22. The van der Waals surface area contributed by atoms with Crippen LogP contribution in [0.5, 0.6) is 0 Å². The Kier molecular flexibility index (Phi) is 1.46. The van der Waals surface area contributed by atoms with Crippen molar-refractivity contribution in [2.24, 2.45) is 0 Å². The van der Waals surface area contributed by atoms with E-state index in [0.717, 1.165) is 11.4 Å². The molecule has 0 bridgehead atoms. The molecular formula is C10H11NO2. The SMILES string of the molecule is Cc1ccc2c(n1)C(C)(C)OC2=O. The van der Waals surface area contributed by atoms with Crippen LogP contribution in [0.2, 0.25) is 0 Å². The number of nitrogens with zero attached hydrogens (tertiary/aromatic N) is 1. The first-order chi connectivity index (χ1) is 6.00. The normalized spacial score (nSPS) is 18.2. The van der Waals surface area contributed by atoms with Gasteiger partial charge in [-0.1, -0.05) is 0 Å². The maximum absolute atomic E-state index is 11.3. The van der Waals surface area contributed by atoms with Crippen LogP contribution in [-0.4, -0.2) is 11.0 Å². The molecule has 0 radical (unpaired) electrons. The maximum atomic E-state index is 11.3. The van der Waals surface area contributed by atoms with Crippen LogP contribution >= 0.6 is 0 Å². The maximum Gasteiger partial charge on any atom is 0.341 e. The van der Waals surface area contributed by atoms with Crippen molar-refractivity contribution in [3.63, 3.8) is 0 Å². The van der Waals surface area contributed by atoms with Crippen molar-refractivity contribution < 1.29 is 9.53 Å². The van der Waals surface area contributed by atoms with Gasteiger partial charge in [-0.3, -0.25) is 4.98 Å². The minimum absolute atomic E-state index is 0.271. The van der Waals surface area contributed by atoms with Crippen molar-refractivity contribution in [3.8, 4) is 0 Å². The third-order valence-corrected chi connectivity index (χ3v) is 2.17. The summed E-state index contributed by atoms with van der Waals surface area (Å²) >= 11 is 0. The smallest absolute Gasteiger partial charge is 0.341 e. The van der Waals surface area contributed by atoms with E-state index in [4.69, 9.17) is 4.74 Å². The lowest BCUT2D eigenvalue weighted by molar-refractivity contribution is 0.00828. The third kappa shape index (κ3) is 1.11. The fraction of sp³-hybridized carbons (Fsp3) is 0.400. The average Bonchev–Trinajstić information content (AvgIpc) is 2.23. The fourth-order valence-electron chi connectivity index (χ4n) is 1.52. The van der Waals surface area contributed by atoms with Gasteiger partial charge in [-0.2, -0.15) is 0 Å². The van der Waals surface area contributed by atoms with Crippen molar-refractivity contribution in [2.75, 3.05) is 0 Å². The van der Waals surface area contributed by atoms with E-state index in [1.165, 1.54) is 0 Å². The van der Waals surface area contributed by atoms with Gasteiger partial charge >= 0.3 is 5.97 Å². The lowest BCUT2D eigenvalue weighted by Gasteiger charge is -2.16. The lowest BCUT2D eigenvalue weighted by Crippen LogP contribution is -2.17. The highest BCUT2D eigenvalue weighted by Gasteiger charge is 2.39. The molecule has 3 nitrogen and oxygen atoms in total. The first-order valence-electron chi connectivity index (χ1n) is 4.22. The molecule has 0 atom stereocenters. The molecule has 68 valence electrons. The second kappa shape index (κ2) is 2.31. The van der Waals surface area contributed by atoms with Crippen molar-refractivity contribution in [3.05, 3.63) is 29.1 Å². The van der Waals surface area contributed by atoms with Gasteiger partial charge in [0.25, 0.3) is 0 Å². The van der Waals surface area contributed by atoms with Gasteiger partial charge in [-0.15, -0.1) is 0 Å². The second-order valence-electron chi connectivity index (χ2n) is 3.75. The Morgan fingerprint density at radius 1 is 1.38 bits per heavy atom. The van der Waals surface area contributed by atoms with Crippen LogP contribution in [0.1, 0.15) is 35.6 Å². The largest absolute Gasteiger partial charge is 0.449 e. The Morgan fingerprint density at radius 3 is 2.77 bits per heavy atom. The molecule has 0 amide bonds. The number of aryl methyl sites for hydroxylation is 1. The fourth-order valence-corrected chi connectivity index (χ4v) is 1.52. The molecule has 0 saturated carbocycles. The summed E-state index contributed by atoms with van der Waals surface area (Å²) in [6.07, 6.45) is 0. The predicted molar refractivity (Wildman–Crippen MR) is 47.4 cm³/mol. The molecule has 0 spiro atoms. The standard InChI is InChI=1S/C10H11NO2/c1-6-4-5-7-8(11-6)10(2,3)13-9(7)12/h4-5H,1-3H3. The van der Waals surface area contributed by atoms with Gasteiger partial charge in [0.1, 0.15) is 5.60 Å². The molecule has 0 aliphatic carbocycles. The molecular weight excluding hydrogens is 166 g/mol. The topological polar surface area (TPSA) is 39.2 Å². The molecule has 1 aliphatic heterocycles. The van der Waals surface area contributed by atoms with Crippen LogP contribution in [0.25, 0.3) is 0 Å². The van der Waals surface area contributed by atoms with Gasteiger partial charge < -0.3 is 4.74 Å². The number of hydrogen-bond acceptors (Lipinski definition) is 3. The number of esters is 1. The zero-order valence-corrected chi connectivity index (χ0v) is 7.92. The van der Waals surface area contributed by atoms with Gasteiger partial charge in [-0.25, -0.2) is 4.79 Å². The van der Waals surface area contributed by atoms with Crippen LogP contribution < -0.4 is 0 Å². The molecule has 0 saturated heterocycles. The Labute approximate surface area is 76.7 Å². The number of pyridine rings is 1. The van der Waals surface area contributed by atoms with Crippen LogP contribution in [0.4, 0.5) is 0 Å². The van der Waals surface area contributed by atoms with Gasteiger partial charge in [0, 0.05) is 5.69 Å². The minimum Gasteiger partial charge on any atom is -0.449 e. The van der Waals surface area contributed by atoms with E-state index in [1.807, 2.05) is 26.8 Å². The summed E-state index contributed by atoms with van der Waals surface area (Å²) in [7, 11) is 0. The predicted octanol–water partition coefficient (Wildman–Crippen LogP) is 1.80. The molecule has 2 heterocycles. The van der Waals surface area contributed by atoms with Gasteiger partial charge in [0.2, 0.25) is 0 Å². The van der Waals surface area contributed by atoms with Crippen LogP contribution in [-0.2, 0) is 10.3 Å². The highest BCUT2D eigenvalue weighted by atomic mass is 16.6. The summed E-state index contributed by atoms with van der Waals surface area (Å²) in [5, 5.41) is 0. The van der Waals surface area contributed by atoms with E-state index < -0.39 is 5.60 Å². The molecule has 2 rings (SSSR count). The summed E-state index contributed by atoms with van der Waals surface area (Å²) in [6.45, 7) is 5.60. The van der Waals surface area contributed by atoms with Crippen LogP contribution in [0.3, 0.4) is 0 Å². The van der Waals surface area contributed by atoms with Crippen molar-refractivity contribution >= 4 is 5.97 Å². The molecule has 1 aromatic rings. The van der Waals surface area contributed by atoms with Crippen LogP contribution in [0.15, 0.2) is 12.1 Å². The highest BCUT2D eigenvalue weighted by molar-refractivity contribution is 5.93. The lowest BCUT2D eigenvalue weighted by atomic mass is 10.0. The van der Waals surface area contributed by atoms with Gasteiger partial charge in [-0.05, 0) is 32.9 Å². The molecule has 1 aromatic heterocycles. The summed E-state index contributed by atoms with van der Waals surface area (Å²) in [6, 6.07) is 3.59. The first kappa shape index (κ1) is 8.23. The zero-order chi connectivity index (χ0) is 9.64. The molecule has 0 unspecified atom stereocenters. The Balaban J connectivity index is 2.66. The molecule has 0 aromatic carbocycles. The number of carbonyl (C=O) groups excluding carboxylic acids is 1. The van der Waals surface area contributed by atoms with E-state index in [2.05, 4.69) is 4.98 Å². The number of rotatable bonds is 0. The quantitative estimate of drug-likeness (QED) is 0.567. The number of hydrogen-bond donors (Lipinski definition) is 0. The summed E-state index contributed by atoms with van der Waals surface area (Å²) in [5.41, 5.74) is 1.68. The highest BCUT2D eigenvalue weighted by Crippen LogP contribution is 2.33. The van der Waals surface area contributed by atoms with E-state index in [1.54, 1.807) is 6.07 Å². The number of aromatic nitrogens is 1. The monoisotopic (exact) mass is 177 g/mol. The summed E-state index contributed by atoms with van der Waals surface area (Å²) in [5.74, 6) is -0.271. The average molecular weight is 177 g/mol. The molecule has 0 N–H and O–H groups in total. The molecule has 1 aliphatic rings. The number of ether oxygens (including phenoxy) is 1.